The fourth-order valence-corrected chi connectivity index (χ4v) is 0. The zero-order valence-corrected chi connectivity index (χ0v) is 8.92. The first kappa shape index (κ1) is 9.46. The Labute approximate surface area is 51.2 Å². The molecule has 4 nitrogen and oxygen atoms in total. The maximum atomic E-state index is 8.36. The summed E-state index contributed by atoms with van der Waals surface area (Å²) < 4.78 is 2.19. The summed E-state index contributed by atoms with van der Waals surface area (Å²) in [7, 11) is 0. The van der Waals surface area contributed by atoms with Crippen molar-refractivity contribution in [3.8, 4) is 0 Å². The van der Waals surface area contributed by atoms with Gasteiger partial charge in [-0.1, -0.05) is 0 Å². The van der Waals surface area contributed by atoms with Gasteiger partial charge in [0, 0.05) is 0 Å². The molecule has 0 aromatic rings. The van der Waals surface area contributed by atoms with E-state index in [1.807, 2.05) is 0 Å². The molecule has 0 atom stereocenters. The molecule has 0 bridgehead atoms. The fraction of sp³-hybridized carbons (Fsp3) is 1.00. The van der Waals surface area contributed by atoms with Crippen molar-refractivity contribution in [1.29, 1.82) is 0 Å². The molecule has 0 aromatic carbocycles. The van der Waals surface area contributed by atoms with Crippen LogP contribution in [-0.2, 0) is 26.1 Å². The van der Waals surface area contributed by atoms with E-state index >= 15 is 0 Å². The van der Waals surface area contributed by atoms with Crippen LogP contribution in [0.25, 0.3) is 0 Å². The SMILES string of the molecule is O=[N+]([O-])O.[CH3][Hg]. The van der Waals surface area contributed by atoms with Gasteiger partial charge in [-0.15, -0.1) is 10.1 Å². The predicted octanol–water partition coefficient (Wildman–Crippen LogP) is 0.234. The fourth-order valence-electron chi connectivity index (χ4n) is 0. The molecule has 0 aliphatic carbocycles. The third-order valence-electron chi connectivity index (χ3n) is 0. The average molecular weight is 279 g/mol. The third-order valence-corrected chi connectivity index (χ3v) is 0. The van der Waals surface area contributed by atoms with E-state index in [0.717, 1.165) is 26.1 Å². The maximum absolute atomic E-state index is 8.36. The van der Waals surface area contributed by atoms with Gasteiger partial charge in [0.05, 0.1) is 0 Å². The zero-order chi connectivity index (χ0) is 5.58. The van der Waals surface area contributed by atoms with Crippen LogP contribution in [0.4, 0.5) is 0 Å². The normalized spacial score (nSPS) is 5.17. The van der Waals surface area contributed by atoms with Gasteiger partial charge in [0.25, 0.3) is 5.09 Å². The molecule has 0 amide bonds. The summed E-state index contributed by atoms with van der Waals surface area (Å²) in [6, 6.07) is 0. The van der Waals surface area contributed by atoms with Gasteiger partial charge in [-0.2, -0.15) is 0 Å². The second kappa shape index (κ2) is 8.93. The van der Waals surface area contributed by atoms with E-state index in [9.17, 15) is 0 Å². The number of rotatable bonds is 0. The van der Waals surface area contributed by atoms with Crippen LogP contribution >= 0.6 is 0 Å². The summed E-state index contributed by atoms with van der Waals surface area (Å²) in [5.74, 6) is 0. The zero-order valence-electron chi connectivity index (χ0n) is 3.42. The summed E-state index contributed by atoms with van der Waals surface area (Å²) in [4.78, 5) is 8.36. The Hall–Kier alpha value is 0.135. The average Bonchev–Trinajstić information content (AvgIpc) is 1.41. The minimum atomic E-state index is -1.50. The quantitative estimate of drug-likeness (QED) is 0.392. The van der Waals surface area contributed by atoms with Crippen LogP contribution in [0.15, 0.2) is 0 Å². The first-order valence-electron chi connectivity index (χ1n) is 1.27. The van der Waals surface area contributed by atoms with E-state index in [1.54, 1.807) is 0 Å². The molecule has 0 spiro atoms. The first-order chi connectivity index (χ1) is 2.73. The van der Waals surface area contributed by atoms with Gasteiger partial charge in [0.1, 0.15) is 0 Å². The summed E-state index contributed by atoms with van der Waals surface area (Å²) >= 11 is 1.03. The Morgan fingerprint density at radius 3 is 1.83 bits per heavy atom. The van der Waals surface area contributed by atoms with E-state index in [4.69, 9.17) is 15.3 Å². The second-order valence-corrected chi connectivity index (χ2v) is 0.238. The molecule has 33 valence electrons. The minimum absolute atomic E-state index is 1.03. The van der Waals surface area contributed by atoms with Crippen molar-refractivity contribution < 1.29 is 36.4 Å². The summed E-state index contributed by atoms with van der Waals surface area (Å²) in [6.45, 7) is 0. The molecule has 0 fully saturated rings. The van der Waals surface area contributed by atoms with E-state index in [1.165, 1.54) is 0 Å². The van der Waals surface area contributed by atoms with Crippen LogP contribution in [0.2, 0.25) is 4.43 Å². The predicted molar refractivity (Wildman–Crippen MR) is 14.6 cm³/mol. The molecule has 1 N–H and O–H groups in total. The summed E-state index contributed by atoms with van der Waals surface area (Å²) in [5, 5.41) is 13.6. The molecule has 0 aromatic heterocycles. The molecule has 0 saturated carbocycles. The van der Waals surface area contributed by atoms with E-state index in [2.05, 4.69) is 4.43 Å². The van der Waals surface area contributed by atoms with Crippen molar-refractivity contribution in [2.75, 3.05) is 0 Å². The van der Waals surface area contributed by atoms with Gasteiger partial charge in [-0.3, -0.25) is 0 Å². The Bertz CT molecular complexity index is 33.8. The first-order valence-corrected chi connectivity index (χ1v) is 6.77. The Kier molecular flexibility index (Phi) is 14.1. The third kappa shape index (κ3) is 2230. The summed E-state index contributed by atoms with van der Waals surface area (Å²) in [6.07, 6.45) is 0. The van der Waals surface area contributed by atoms with E-state index < -0.39 is 5.09 Å². The van der Waals surface area contributed by atoms with Crippen LogP contribution < -0.4 is 0 Å². The van der Waals surface area contributed by atoms with Crippen molar-refractivity contribution in [2.24, 2.45) is 0 Å². The Morgan fingerprint density at radius 1 is 1.83 bits per heavy atom. The molecule has 0 saturated heterocycles. The van der Waals surface area contributed by atoms with Crippen molar-refractivity contribution in [3.05, 3.63) is 10.1 Å². The van der Waals surface area contributed by atoms with Gasteiger partial charge in [-0.05, 0) is 0 Å². The molecule has 0 radical (unpaired) electrons. The Morgan fingerprint density at radius 2 is 1.83 bits per heavy atom. The van der Waals surface area contributed by atoms with Crippen molar-refractivity contribution in [1.82, 2.24) is 0 Å². The standard InChI is InChI=1S/CH3.Hg.HNO3/c;;2-1(3)4/h1H3;;(H,2,3,4). The molecule has 0 heterocycles. The topological polar surface area (TPSA) is 63.4 Å². The van der Waals surface area contributed by atoms with Gasteiger partial charge in [0.2, 0.25) is 0 Å². The molecule has 0 rings (SSSR count). The van der Waals surface area contributed by atoms with Gasteiger partial charge in [-0.25, -0.2) is 0 Å². The van der Waals surface area contributed by atoms with Crippen molar-refractivity contribution in [3.63, 3.8) is 0 Å². The molecule has 0 aliphatic rings. The second-order valence-electron chi connectivity index (χ2n) is 0.238. The molecular formula is CH4HgNO3. The van der Waals surface area contributed by atoms with Crippen LogP contribution in [0, 0.1) is 10.1 Å². The van der Waals surface area contributed by atoms with Crippen molar-refractivity contribution >= 4 is 0 Å². The van der Waals surface area contributed by atoms with Gasteiger partial charge < -0.3 is 5.21 Å². The monoisotopic (exact) mass is 280 g/mol. The van der Waals surface area contributed by atoms with Crippen LogP contribution in [0.3, 0.4) is 0 Å². The molecular weight excluding hydrogens is 275 g/mol. The van der Waals surface area contributed by atoms with Gasteiger partial charge >= 0.3 is 30.6 Å². The number of hydrogen-bond donors (Lipinski definition) is 1. The molecule has 0 aliphatic heterocycles. The molecule has 6 heavy (non-hydrogen) atoms. The van der Waals surface area contributed by atoms with Crippen LogP contribution in [0.1, 0.15) is 0 Å². The summed E-state index contributed by atoms with van der Waals surface area (Å²) in [5.41, 5.74) is 0. The molecule has 0 unspecified atom stereocenters. The molecule has 5 heteroatoms. The van der Waals surface area contributed by atoms with Gasteiger partial charge in [0.15, 0.2) is 0 Å². The van der Waals surface area contributed by atoms with Crippen LogP contribution in [0.5, 0.6) is 0 Å². The van der Waals surface area contributed by atoms with Crippen LogP contribution in [-0.4, -0.2) is 10.3 Å². The van der Waals surface area contributed by atoms with Crippen molar-refractivity contribution in [2.45, 2.75) is 4.43 Å². The van der Waals surface area contributed by atoms with E-state index in [0.29, 0.717) is 0 Å². The number of hydrogen-bond acceptors (Lipinski definition) is 2. The Balaban J connectivity index is 0. The van der Waals surface area contributed by atoms with E-state index in [-0.39, 0.29) is 0 Å². The number of nitrogens with zero attached hydrogens (tertiary/aromatic N) is 1.